The lowest BCUT2D eigenvalue weighted by atomic mass is 10.4. The van der Waals surface area contributed by atoms with Crippen LogP contribution in [0.1, 0.15) is 17.4 Å². The molecule has 2 aromatic rings. The van der Waals surface area contributed by atoms with E-state index >= 15 is 0 Å². The van der Waals surface area contributed by atoms with Crippen molar-refractivity contribution in [1.82, 2.24) is 14.8 Å². The smallest absolute Gasteiger partial charge is 0.358 e. The predicted molar refractivity (Wildman–Crippen MR) is 63.9 cm³/mol. The van der Waals surface area contributed by atoms with Gasteiger partial charge in [-0.1, -0.05) is 0 Å². The lowest BCUT2D eigenvalue weighted by molar-refractivity contribution is 0.0519. The molecule has 0 saturated heterocycles. The third-order valence-corrected chi connectivity index (χ3v) is 2.27. The minimum atomic E-state index is -0.433. The maximum absolute atomic E-state index is 11.5. The molecule has 0 atom stereocenters. The number of methoxy groups -OCH3 is 1. The van der Waals surface area contributed by atoms with Crippen molar-refractivity contribution in [2.75, 3.05) is 13.7 Å². The summed E-state index contributed by atoms with van der Waals surface area (Å²) in [6, 6.07) is 5.12. The first-order valence-corrected chi connectivity index (χ1v) is 5.47. The van der Waals surface area contributed by atoms with Gasteiger partial charge in [0, 0.05) is 12.3 Å². The van der Waals surface area contributed by atoms with E-state index in [-0.39, 0.29) is 5.69 Å². The third kappa shape index (κ3) is 2.48. The van der Waals surface area contributed by atoms with Gasteiger partial charge in [-0.3, -0.25) is 0 Å². The van der Waals surface area contributed by atoms with Crippen LogP contribution < -0.4 is 4.74 Å². The van der Waals surface area contributed by atoms with Crippen molar-refractivity contribution in [2.24, 2.45) is 0 Å². The second kappa shape index (κ2) is 5.31. The molecule has 0 saturated carbocycles. The van der Waals surface area contributed by atoms with E-state index in [2.05, 4.69) is 10.1 Å². The van der Waals surface area contributed by atoms with E-state index in [1.807, 2.05) is 0 Å². The van der Waals surface area contributed by atoms with Crippen molar-refractivity contribution >= 4 is 5.97 Å². The Balaban J connectivity index is 2.20. The van der Waals surface area contributed by atoms with Gasteiger partial charge in [0.25, 0.3) is 0 Å². The molecule has 0 aliphatic rings. The lowest BCUT2D eigenvalue weighted by Gasteiger charge is -2.02. The molecule has 94 valence electrons. The number of rotatable bonds is 4. The highest BCUT2D eigenvalue weighted by Gasteiger charge is 2.10. The lowest BCUT2D eigenvalue weighted by Crippen LogP contribution is -2.06. The van der Waals surface area contributed by atoms with Crippen LogP contribution in [0, 0.1) is 0 Å². The first kappa shape index (κ1) is 12.1. The topological polar surface area (TPSA) is 66.2 Å². The number of esters is 1. The molecule has 0 spiro atoms. The largest absolute Gasteiger partial charge is 0.481 e. The monoisotopic (exact) mass is 247 g/mol. The van der Waals surface area contributed by atoms with Gasteiger partial charge in [0.2, 0.25) is 5.88 Å². The second-order valence-corrected chi connectivity index (χ2v) is 3.42. The van der Waals surface area contributed by atoms with E-state index in [1.54, 1.807) is 49.3 Å². The van der Waals surface area contributed by atoms with Crippen LogP contribution in [0.15, 0.2) is 30.6 Å². The van der Waals surface area contributed by atoms with Crippen LogP contribution in [0.25, 0.3) is 5.69 Å². The molecular weight excluding hydrogens is 234 g/mol. The first-order chi connectivity index (χ1) is 8.74. The molecule has 0 fully saturated rings. The predicted octanol–water partition coefficient (Wildman–Crippen LogP) is 1.45. The minimum absolute atomic E-state index is 0.271. The summed E-state index contributed by atoms with van der Waals surface area (Å²) in [7, 11) is 1.55. The van der Waals surface area contributed by atoms with Gasteiger partial charge in [-0.05, 0) is 19.1 Å². The Hall–Kier alpha value is -2.37. The number of nitrogens with zero attached hydrogens (tertiary/aromatic N) is 3. The number of pyridine rings is 1. The summed E-state index contributed by atoms with van der Waals surface area (Å²) in [6.07, 6.45) is 3.29. The van der Waals surface area contributed by atoms with Crippen LogP contribution in [0.3, 0.4) is 0 Å². The summed E-state index contributed by atoms with van der Waals surface area (Å²) in [5, 5.41) is 4.12. The third-order valence-electron chi connectivity index (χ3n) is 2.27. The zero-order valence-corrected chi connectivity index (χ0v) is 10.2. The van der Waals surface area contributed by atoms with E-state index in [0.29, 0.717) is 12.5 Å². The van der Waals surface area contributed by atoms with Crippen molar-refractivity contribution in [3.8, 4) is 11.6 Å². The first-order valence-electron chi connectivity index (χ1n) is 5.47. The van der Waals surface area contributed by atoms with Gasteiger partial charge in [-0.25, -0.2) is 14.5 Å². The van der Waals surface area contributed by atoms with Crippen LogP contribution in [-0.2, 0) is 4.74 Å². The Morgan fingerprint density at radius 3 is 2.83 bits per heavy atom. The Bertz CT molecular complexity index is 534. The Labute approximate surface area is 104 Å². The number of carbonyl (C=O) groups excluding carboxylic acids is 1. The molecule has 2 aromatic heterocycles. The van der Waals surface area contributed by atoms with Crippen LogP contribution >= 0.6 is 0 Å². The molecule has 0 aliphatic carbocycles. The summed E-state index contributed by atoms with van der Waals surface area (Å²) in [5.74, 6) is 0.0919. The number of carbonyl (C=O) groups is 1. The van der Waals surface area contributed by atoms with Crippen LogP contribution in [0.4, 0.5) is 0 Å². The highest BCUT2D eigenvalue weighted by atomic mass is 16.5. The highest BCUT2D eigenvalue weighted by molar-refractivity contribution is 5.87. The van der Waals surface area contributed by atoms with Gasteiger partial charge in [-0.15, -0.1) is 0 Å². The van der Waals surface area contributed by atoms with Crippen molar-refractivity contribution in [2.45, 2.75) is 6.92 Å². The molecule has 0 amide bonds. The number of aromatic nitrogens is 3. The fraction of sp³-hybridized carbons (Fsp3) is 0.250. The van der Waals surface area contributed by atoms with E-state index in [4.69, 9.17) is 9.47 Å². The van der Waals surface area contributed by atoms with Crippen molar-refractivity contribution in [1.29, 1.82) is 0 Å². The van der Waals surface area contributed by atoms with Gasteiger partial charge < -0.3 is 9.47 Å². The molecule has 18 heavy (non-hydrogen) atoms. The van der Waals surface area contributed by atoms with Gasteiger partial charge >= 0.3 is 5.97 Å². The Morgan fingerprint density at radius 2 is 2.22 bits per heavy atom. The zero-order chi connectivity index (χ0) is 13.0. The number of hydrogen-bond donors (Lipinski definition) is 0. The normalized spacial score (nSPS) is 10.1. The molecule has 0 aromatic carbocycles. The van der Waals surface area contributed by atoms with E-state index in [0.717, 1.165) is 5.69 Å². The van der Waals surface area contributed by atoms with Crippen LogP contribution in [0.2, 0.25) is 0 Å². The average Bonchev–Trinajstić information content (AvgIpc) is 2.89. The van der Waals surface area contributed by atoms with Crippen LogP contribution in [-0.4, -0.2) is 34.5 Å². The SMILES string of the molecule is CCOC(=O)c1ccn(-c2ccc(OC)nc2)n1. The minimum Gasteiger partial charge on any atom is -0.481 e. The van der Waals surface area contributed by atoms with Gasteiger partial charge in [0.1, 0.15) is 0 Å². The summed E-state index contributed by atoms with van der Waals surface area (Å²) in [4.78, 5) is 15.5. The maximum Gasteiger partial charge on any atom is 0.358 e. The molecular formula is C12H13N3O3. The molecule has 0 bridgehead atoms. The average molecular weight is 247 g/mol. The summed E-state index contributed by atoms with van der Waals surface area (Å²) < 4.78 is 11.4. The molecule has 2 heterocycles. The van der Waals surface area contributed by atoms with E-state index < -0.39 is 5.97 Å². The molecule has 0 unspecified atom stereocenters. The fourth-order valence-corrected chi connectivity index (χ4v) is 1.41. The fourth-order valence-electron chi connectivity index (χ4n) is 1.41. The summed E-state index contributed by atoms with van der Waals surface area (Å²) in [5.41, 5.74) is 1.01. The molecule has 6 nitrogen and oxygen atoms in total. The molecule has 2 rings (SSSR count). The zero-order valence-electron chi connectivity index (χ0n) is 10.2. The molecule has 0 N–H and O–H groups in total. The quantitative estimate of drug-likeness (QED) is 0.765. The standard InChI is InChI=1S/C12H13N3O3/c1-3-18-12(16)10-6-7-15(14-10)9-4-5-11(17-2)13-8-9/h4-8H,3H2,1-2H3. The van der Waals surface area contributed by atoms with Crippen LogP contribution in [0.5, 0.6) is 5.88 Å². The van der Waals surface area contributed by atoms with Crippen molar-refractivity contribution < 1.29 is 14.3 Å². The molecule has 0 radical (unpaired) electrons. The van der Waals surface area contributed by atoms with E-state index in [1.165, 1.54) is 0 Å². The summed E-state index contributed by atoms with van der Waals surface area (Å²) >= 11 is 0. The summed E-state index contributed by atoms with van der Waals surface area (Å²) in [6.45, 7) is 2.08. The van der Waals surface area contributed by atoms with Crippen molar-refractivity contribution in [3.63, 3.8) is 0 Å². The Morgan fingerprint density at radius 1 is 1.39 bits per heavy atom. The maximum atomic E-state index is 11.5. The molecule has 0 aliphatic heterocycles. The highest BCUT2D eigenvalue weighted by Crippen LogP contribution is 2.11. The molecule has 6 heteroatoms. The number of ether oxygens (including phenoxy) is 2. The van der Waals surface area contributed by atoms with Gasteiger partial charge in [0.15, 0.2) is 5.69 Å². The Kier molecular flexibility index (Phi) is 3.57. The van der Waals surface area contributed by atoms with Gasteiger partial charge in [-0.2, -0.15) is 5.10 Å². The van der Waals surface area contributed by atoms with Crippen molar-refractivity contribution in [3.05, 3.63) is 36.3 Å². The second-order valence-electron chi connectivity index (χ2n) is 3.42. The van der Waals surface area contributed by atoms with Gasteiger partial charge in [0.05, 0.1) is 25.6 Å². The number of hydrogen-bond acceptors (Lipinski definition) is 5. The van der Waals surface area contributed by atoms with E-state index in [9.17, 15) is 4.79 Å².